The van der Waals surface area contributed by atoms with E-state index in [-0.39, 0.29) is 17.7 Å². The van der Waals surface area contributed by atoms with Crippen LogP contribution in [-0.4, -0.2) is 26.6 Å². The number of carbonyl (C=O) groups is 2. The first-order chi connectivity index (χ1) is 12.7. The Morgan fingerprint density at radius 2 is 1.73 bits per heavy atom. The average Bonchev–Trinajstić information content (AvgIpc) is 3.37. The number of carbonyl (C=O) groups excluding carboxylic acids is 2. The molecule has 0 bridgehead atoms. The minimum atomic E-state index is -0.221. The fourth-order valence-electron chi connectivity index (χ4n) is 2.57. The first-order valence-corrected chi connectivity index (χ1v) is 8.36. The highest BCUT2D eigenvalue weighted by atomic mass is 16.2. The van der Waals surface area contributed by atoms with Gasteiger partial charge < -0.3 is 10.6 Å². The highest BCUT2D eigenvalue weighted by molar-refractivity contribution is 6.04. The predicted octanol–water partition coefficient (Wildman–Crippen LogP) is 2.87. The molecule has 7 nitrogen and oxygen atoms in total. The van der Waals surface area contributed by atoms with Crippen LogP contribution in [0.5, 0.6) is 0 Å². The second kappa shape index (κ2) is 6.79. The molecule has 7 heteroatoms. The van der Waals surface area contributed by atoms with Crippen molar-refractivity contribution < 1.29 is 9.59 Å². The molecule has 0 radical (unpaired) electrons. The first kappa shape index (κ1) is 16.0. The molecule has 1 saturated carbocycles. The number of benzene rings is 2. The van der Waals surface area contributed by atoms with Crippen LogP contribution in [0.15, 0.2) is 61.2 Å². The number of nitrogens with zero attached hydrogens (tertiary/aromatic N) is 3. The first-order valence-electron chi connectivity index (χ1n) is 8.36. The molecule has 0 spiro atoms. The van der Waals surface area contributed by atoms with E-state index in [2.05, 4.69) is 20.7 Å². The quantitative estimate of drug-likeness (QED) is 0.743. The van der Waals surface area contributed by atoms with E-state index in [0.29, 0.717) is 16.9 Å². The van der Waals surface area contributed by atoms with Crippen LogP contribution in [0.4, 0.5) is 11.4 Å². The molecule has 3 aromatic rings. The molecule has 0 atom stereocenters. The summed E-state index contributed by atoms with van der Waals surface area (Å²) in [5.41, 5.74) is 2.66. The van der Waals surface area contributed by atoms with Crippen molar-refractivity contribution in [3.05, 3.63) is 66.7 Å². The Hall–Kier alpha value is -3.48. The molecule has 0 aliphatic heterocycles. The number of hydrogen-bond acceptors (Lipinski definition) is 4. The van der Waals surface area contributed by atoms with Crippen LogP contribution < -0.4 is 10.6 Å². The average molecular weight is 347 g/mol. The van der Waals surface area contributed by atoms with E-state index in [1.807, 2.05) is 6.07 Å². The fraction of sp³-hybridized carbons (Fsp3) is 0.158. The topological polar surface area (TPSA) is 88.9 Å². The summed E-state index contributed by atoms with van der Waals surface area (Å²) in [7, 11) is 0. The van der Waals surface area contributed by atoms with Crippen LogP contribution >= 0.6 is 0 Å². The minimum absolute atomic E-state index is 0.0391. The van der Waals surface area contributed by atoms with Gasteiger partial charge in [0.2, 0.25) is 5.91 Å². The van der Waals surface area contributed by atoms with Crippen LogP contribution in [0.3, 0.4) is 0 Å². The van der Waals surface area contributed by atoms with Crippen LogP contribution in [0, 0.1) is 5.92 Å². The van der Waals surface area contributed by atoms with Crippen LogP contribution in [0.25, 0.3) is 5.69 Å². The Kier molecular flexibility index (Phi) is 4.18. The second-order valence-electron chi connectivity index (χ2n) is 6.19. The van der Waals surface area contributed by atoms with Crippen molar-refractivity contribution in [2.24, 2.45) is 5.92 Å². The molecule has 4 rings (SSSR count). The van der Waals surface area contributed by atoms with E-state index in [1.54, 1.807) is 53.5 Å². The van der Waals surface area contributed by atoms with Gasteiger partial charge in [0.15, 0.2) is 0 Å². The van der Waals surface area contributed by atoms with Crippen molar-refractivity contribution in [3.63, 3.8) is 0 Å². The third-order valence-electron chi connectivity index (χ3n) is 4.15. The van der Waals surface area contributed by atoms with Crippen molar-refractivity contribution in [1.82, 2.24) is 14.8 Å². The standard InChI is InChI=1S/C19H17N5O2/c25-18(13-4-5-13)22-15-2-1-3-16(10-15)23-19(26)14-6-8-17(9-7-14)24-12-20-11-21-24/h1-3,6-13H,4-5H2,(H,22,25)(H,23,26). The highest BCUT2D eigenvalue weighted by Crippen LogP contribution is 2.30. The number of nitrogens with one attached hydrogen (secondary N) is 2. The highest BCUT2D eigenvalue weighted by Gasteiger charge is 2.29. The zero-order valence-electron chi connectivity index (χ0n) is 13.9. The van der Waals surface area contributed by atoms with Crippen molar-refractivity contribution in [3.8, 4) is 5.69 Å². The van der Waals surface area contributed by atoms with Crippen molar-refractivity contribution in [1.29, 1.82) is 0 Å². The van der Waals surface area contributed by atoms with Crippen molar-refractivity contribution in [2.75, 3.05) is 10.6 Å². The molecule has 1 heterocycles. The lowest BCUT2D eigenvalue weighted by Gasteiger charge is -2.09. The third-order valence-corrected chi connectivity index (χ3v) is 4.15. The summed E-state index contributed by atoms with van der Waals surface area (Å²) >= 11 is 0. The van der Waals surface area contributed by atoms with E-state index < -0.39 is 0 Å². The van der Waals surface area contributed by atoms with Crippen molar-refractivity contribution >= 4 is 23.2 Å². The van der Waals surface area contributed by atoms with Gasteiger partial charge in [-0.1, -0.05) is 6.07 Å². The molecule has 1 aliphatic carbocycles. The van der Waals surface area contributed by atoms with E-state index in [9.17, 15) is 9.59 Å². The predicted molar refractivity (Wildman–Crippen MR) is 97.1 cm³/mol. The lowest BCUT2D eigenvalue weighted by atomic mass is 10.2. The van der Waals surface area contributed by atoms with Gasteiger partial charge in [0.25, 0.3) is 5.91 Å². The minimum Gasteiger partial charge on any atom is -0.326 e. The van der Waals surface area contributed by atoms with E-state index in [1.165, 1.54) is 6.33 Å². The Morgan fingerprint density at radius 3 is 2.38 bits per heavy atom. The molecule has 2 amide bonds. The zero-order valence-corrected chi connectivity index (χ0v) is 13.9. The van der Waals surface area contributed by atoms with Gasteiger partial charge in [-0.2, -0.15) is 5.10 Å². The monoisotopic (exact) mass is 347 g/mol. The third kappa shape index (κ3) is 3.61. The zero-order chi connectivity index (χ0) is 17.9. The Labute approximate surface area is 150 Å². The maximum atomic E-state index is 12.4. The molecule has 0 unspecified atom stereocenters. The molecular weight excluding hydrogens is 330 g/mol. The number of aromatic nitrogens is 3. The molecule has 1 fully saturated rings. The lowest BCUT2D eigenvalue weighted by Crippen LogP contribution is -2.14. The van der Waals surface area contributed by atoms with E-state index >= 15 is 0 Å². The molecule has 0 saturated heterocycles. The number of anilines is 2. The van der Waals surface area contributed by atoms with Gasteiger partial charge in [-0.3, -0.25) is 9.59 Å². The van der Waals surface area contributed by atoms with Crippen LogP contribution in [-0.2, 0) is 4.79 Å². The normalized spacial score (nSPS) is 13.2. The number of hydrogen-bond donors (Lipinski definition) is 2. The van der Waals surface area contributed by atoms with Crippen LogP contribution in [0.1, 0.15) is 23.2 Å². The molecule has 2 aromatic carbocycles. The van der Waals surface area contributed by atoms with Gasteiger partial charge in [-0.25, -0.2) is 9.67 Å². The van der Waals surface area contributed by atoms with E-state index in [4.69, 9.17) is 0 Å². The largest absolute Gasteiger partial charge is 0.326 e. The van der Waals surface area contributed by atoms with Gasteiger partial charge >= 0.3 is 0 Å². The van der Waals surface area contributed by atoms with Gasteiger partial charge in [0, 0.05) is 22.9 Å². The summed E-state index contributed by atoms with van der Waals surface area (Å²) in [5.74, 6) is -0.0465. The Morgan fingerprint density at radius 1 is 1.00 bits per heavy atom. The van der Waals surface area contributed by atoms with Crippen LogP contribution in [0.2, 0.25) is 0 Å². The van der Waals surface area contributed by atoms with Crippen molar-refractivity contribution in [2.45, 2.75) is 12.8 Å². The SMILES string of the molecule is O=C(Nc1cccc(NC(=O)C2CC2)c1)c1ccc(-n2cncn2)cc1. The smallest absolute Gasteiger partial charge is 0.255 e. The maximum Gasteiger partial charge on any atom is 0.255 e. The lowest BCUT2D eigenvalue weighted by molar-refractivity contribution is -0.117. The number of amides is 2. The number of rotatable bonds is 5. The summed E-state index contributed by atoms with van der Waals surface area (Å²) in [6.45, 7) is 0. The molecule has 130 valence electrons. The van der Waals surface area contributed by atoms with E-state index in [0.717, 1.165) is 18.5 Å². The summed E-state index contributed by atoms with van der Waals surface area (Å²) in [5, 5.41) is 9.77. The second-order valence-corrected chi connectivity index (χ2v) is 6.19. The molecule has 2 N–H and O–H groups in total. The van der Waals surface area contributed by atoms with Gasteiger partial charge in [0.05, 0.1) is 5.69 Å². The summed E-state index contributed by atoms with van der Waals surface area (Å²) in [4.78, 5) is 28.2. The molecule has 1 aromatic heterocycles. The fourth-order valence-corrected chi connectivity index (χ4v) is 2.57. The molecule has 26 heavy (non-hydrogen) atoms. The summed E-state index contributed by atoms with van der Waals surface area (Å²) in [6.07, 6.45) is 4.95. The Balaban J connectivity index is 1.43. The summed E-state index contributed by atoms with van der Waals surface area (Å²) in [6, 6.07) is 14.2. The van der Waals surface area contributed by atoms with Gasteiger partial charge in [0.1, 0.15) is 12.7 Å². The Bertz CT molecular complexity index is 931. The van der Waals surface area contributed by atoms with Gasteiger partial charge in [-0.15, -0.1) is 0 Å². The maximum absolute atomic E-state index is 12.4. The molecule has 1 aliphatic rings. The molecular formula is C19H17N5O2. The summed E-state index contributed by atoms with van der Waals surface area (Å²) < 4.78 is 1.62. The van der Waals surface area contributed by atoms with Gasteiger partial charge in [-0.05, 0) is 55.3 Å².